The number of rotatable bonds is 5. The van der Waals surface area contributed by atoms with Gasteiger partial charge in [0, 0.05) is 37.4 Å². The molecule has 0 bridgehead atoms. The van der Waals surface area contributed by atoms with Gasteiger partial charge in [0.2, 0.25) is 0 Å². The number of benzene rings is 3. The number of carbonyl (C=O) groups excluding carboxylic acids is 1. The first-order valence-corrected chi connectivity index (χ1v) is 12.1. The lowest BCUT2D eigenvalue weighted by Gasteiger charge is -2.36. The topological polar surface area (TPSA) is 66.3 Å². The van der Waals surface area contributed by atoms with Gasteiger partial charge in [0.25, 0.3) is 0 Å². The van der Waals surface area contributed by atoms with Crippen LogP contribution in [0.1, 0.15) is 5.56 Å². The fourth-order valence-electron chi connectivity index (χ4n) is 4.15. The molecule has 0 aliphatic carbocycles. The van der Waals surface area contributed by atoms with Crippen LogP contribution in [-0.4, -0.2) is 51.9 Å². The lowest BCUT2D eigenvalue weighted by atomic mass is 10.1. The third kappa shape index (κ3) is 5.26. The number of nitrogens with zero attached hydrogens (tertiary/aromatic N) is 5. The number of halogens is 2. The number of anilines is 2. The van der Waals surface area contributed by atoms with E-state index >= 15 is 0 Å². The smallest absolute Gasteiger partial charge is 0.322 e. The highest BCUT2D eigenvalue weighted by Gasteiger charge is 2.22. The first-order valence-electron chi connectivity index (χ1n) is 11.4. The molecular formula is C26H24Cl2N6O. The molecule has 4 aromatic rings. The van der Waals surface area contributed by atoms with Crippen molar-refractivity contribution in [2.24, 2.45) is 0 Å². The molecule has 1 saturated heterocycles. The normalized spacial score (nSPS) is 13.7. The van der Waals surface area contributed by atoms with Crippen LogP contribution in [0.25, 0.3) is 11.4 Å². The van der Waals surface area contributed by atoms with Crippen LogP contribution in [-0.2, 0) is 6.54 Å². The van der Waals surface area contributed by atoms with Crippen LogP contribution in [0.15, 0.2) is 79.1 Å². The average Bonchev–Trinajstić information content (AvgIpc) is 3.35. The second-order valence-corrected chi connectivity index (χ2v) is 9.09. The van der Waals surface area contributed by atoms with Crippen molar-refractivity contribution >= 4 is 40.6 Å². The molecule has 1 aliphatic heterocycles. The SMILES string of the molecule is O=C(Nc1c(Cl)cccc1Cl)N1CCN(c2ccc(-c3ncnn3Cc3ccccc3)cc2)CC1. The van der Waals surface area contributed by atoms with Gasteiger partial charge in [-0.15, -0.1) is 0 Å². The number of urea groups is 1. The fourth-order valence-corrected chi connectivity index (χ4v) is 4.64. The number of amides is 2. The minimum absolute atomic E-state index is 0.201. The van der Waals surface area contributed by atoms with Gasteiger partial charge in [-0.25, -0.2) is 14.5 Å². The van der Waals surface area contributed by atoms with Gasteiger partial charge < -0.3 is 15.1 Å². The molecule has 0 spiro atoms. The summed E-state index contributed by atoms with van der Waals surface area (Å²) < 4.78 is 1.91. The van der Waals surface area contributed by atoms with Crippen molar-refractivity contribution in [2.75, 3.05) is 36.4 Å². The average molecular weight is 507 g/mol. The summed E-state index contributed by atoms with van der Waals surface area (Å²) in [6.45, 7) is 3.32. The third-order valence-electron chi connectivity index (χ3n) is 6.04. The van der Waals surface area contributed by atoms with E-state index in [0.717, 1.165) is 30.2 Å². The van der Waals surface area contributed by atoms with Crippen molar-refractivity contribution in [3.8, 4) is 11.4 Å². The van der Waals surface area contributed by atoms with Crippen molar-refractivity contribution in [1.29, 1.82) is 0 Å². The fraction of sp³-hybridized carbons (Fsp3) is 0.192. The van der Waals surface area contributed by atoms with Crippen LogP contribution >= 0.6 is 23.2 Å². The van der Waals surface area contributed by atoms with Crippen molar-refractivity contribution in [3.05, 3.63) is 94.7 Å². The Labute approximate surface area is 213 Å². The molecule has 0 radical (unpaired) electrons. The van der Waals surface area contributed by atoms with Gasteiger partial charge in [0.15, 0.2) is 5.82 Å². The molecule has 1 N–H and O–H groups in total. The molecule has 1 fully saturated rings. The first-order chi connectivity index (χ1) is 17.1. The zero-order valence-corrected chi connectivity index (χ0v) is 20.5. The largest absolute Gasteiger partial charge is 0.368 e. The molecule has 3 aromatic carbocycles. The molecular weight excluding hydrogens is 483 g/mol. The lowest BCUT2D eigenvalue weighted by Crippen LogP contribution is -2.50. The van der Waals surface area contributed by atoms with Crippen LogP contribution < -0.4 is 10.2 Å². The Balaban J connectivity index is 1.20. The van der Waals surface area contributed by atoms with Gasteiger partial charge in [-0.05, 0) is 42.0 Å². The summed E-state index contributed by atoms with van der Waals surface area (Å²) in [7, 11) is 0. The van der Waals surface area contributed by atoms with Gasteiger partial charge in [-0.3, -0.25) is 0 Å². The zero-order valence-electron chi connectivity index (χ0n) is 18.9. The van der Waals surface area contributed by atoms with Crippen molar-refractivity contribution in [3.63, 3.8) is 0 Å². The Morgan fingerprint density at radius 2 is 1.54 bits per heavy atom. The standard InChI is InChI=1S/C26H24Cl2N6O/c27-22-7-4-8-23(28)24(22)31-26(35)33-15-13-32(14-16-33)21-11-9-20(10-12-21)25-29-18-30-34(25)17-19-5-2-1-3-6-19/h1-12,18H,13-17H2,(H,31,35). The number of piperazine rings is 1. The van der Waals surface area contributed by atoms with E-state index in [0.29, 0.717) is 35.4 Å². The molecule has 178 valence electrons. The molecule has 0 atom stereocenters. The highest BCUT2D eigenvalue weighted by molar-refractivity contribution is 6.39. The van der Waals surface area contributed by atoms with Gasteiger partial charge in [-0.2, -0.15) is 5.10 Å². The maximum Gasteiger partial charge on any atom is 0.322 e. The molecule has 0 unspecified atom stereocenters. The number of hydrogen-bond donors (Lipinski definition) is 1. The predicted molar refractivity (Wildman–Crippen MR) is 140 cm³/mol. The second kappa shape index (κ2) is 10.4. The molecule has 2 amide bonds. The molecule has 9 heteroatoms. The second-order valence-electron chi connectivity index (χ2n) is 8.27. The van der Waals surface area contributed by atoms with Crippen LogP contribution in [0, 0.1) is 0 Å². The summed E-state index contributed by atoms with van der Waals surface area (Å²) in [6.07, 6.45) is 1.59. The zero-order chi connectivity index (χ0) is 24.2. The number of para-hydroxylation sites is 1. The van der Waals surface area contributed by atoms with Crippen LogP contribution in [0.2, 0.25) is 10.0 Å². The number of nitrogens with one attached hydrogen (secondary N) is 1. The van der Waals surface area contributed by atoms with Crippen molar-refractivity contribution in [1.82, 2.24) is 19.7 Å². The molecule has 1 aromatic heterocycles. The van der Waals surface area contributed by atoms with Gasteiger partial charge in [0.05, 0.1) is 22.3 Å². The first kappa shape index (κ1) is 23.2. The van der Waals surface area contributed by atoms with Gasteiger partial charge in [0.1, 0.15) is 6.33 Å². The Morgan fingerprint density at radius 1 is 0.857 bits per heavy atom. The van der Waals surface area contributed by atoms with E-state index in [1.165, 1.54) is 5.56 Å². The van der Waals surface area contributed by atoms with E-state index in [2.05, 4.69) is 56.7 Å². The Hall–Kier alpha value is -3.55. The maximum absolute atomic E-state index is 12.7. The van der Waals surface area contributed by atoms with Crippen LogP contribution in [0.3, 0.4) is 0 Å². The summed E-state index contributed by atoms with van der Waals surface area (Å²) in [5, 5.41) is 8.08. The van der Waals surface area contributed by atoms with Crippen molar-refractivity contribution in [2.45, 2.75) is 6.54 Å². The highest BCUT2D eigenvalue weighted by atomic mass is 35.5. The summed E-state index contributed by atoms with van der Waals surface area (Å²) in [6, 6.07) is 23.5. The third-order valence-corrected chi connectivity index (χ3v) is 6.67. The van der Waals surface area contributed by atoms with Gasteiger partial charge >= 0.3 is 6.03 Å². The summed E-state index contributed by atoms with van der Waals surface area (Å²) in [5.41, 5.74) is 3.74. The predicted octanol–water partition coefficient (Wildman–Crippen LogP) is 5.65. The number of aromatic nitrogens is 3. The molecule has 35 heavy (non-hydrogen) atoms. The molecule has 1 aliphatic rings. The van der Waals surface area contributed by atoms with E-state index in [4.69, 9.17) is 23.2 Å². The van der Waals surface area contributed by atoms with E-state index < -0.39 is 0 Å². The van der Waals surface area contributed by atoms with E-state index in [-0.39, 0.29) is 6.03 Å². The minimum Gasteiger partial charge on any atom is -0.368 e. The van der Waals surface area contributed by atoms with Crippen LogP contribution in [0.5, 0.6) is 0 Å². The maximum atomic E-state index is 12.7. The number of carbonyl (C=O) groups is 1. The van der Waals surface area contributed by atoms with Crippen molar-refractivity contribution < 1.29 is 4.79 Å². The summed E-state index contributed by atoms with van der Waals surface area (Å²) >= 11 is 12.4. The highest BCUT2D eigenvalue weighted by Crippen LogP contribution is 2.30. The molecule has 0 saturated carbocycles. The molecule has 2 heterocycles. The quantitative estimate of drug-likeness (QED) is 0.379. The lowest BCUT2D eigenvalue weighted by molar-refractivity contribution is 0.208. The Morgan fingerprint density at radius 3 is 2.23 bits per heavy atom. The summed E-state index contributed by atoms with van der Waals surface area (Å²) in [4.78, 5) is 21.2. The minimum atomic E-state index is -0.201. The summed E-state index contributed by atoms with van der Waals surface area (Å²) in [5.74, 6) is 0.833. The van der Waals surface area contributed by atoms with Crippen LogP contribution in [0.4, 0.5) is 16.2 Å². The van der Waals surface area contributed by atoms with E-state index in [1.54, 1.807) is 29.4 Å². The van der Waals surface area contributed by atoms with Gasteiger partial charge in [-0.1, -0.05) is 59.6 Å². The monoisotopic (exact) mass is 506 g/mol. The Bertz CT molecular complexity index is 1280. The van der Waals surface area contributed by atoms with E-state index in [1.807, 2.05) is 22.9 Å². The van der Waals surface area contributed by atoms with E-state index in [9.17, 15) is 4.79 Å². The number of hydrogen-bond acceptors (Lipinski definition) is 4. The molecule has 5 rings (SSSR count). The molecule has 7 nitrogen and oxygen atoms in total. The Kier molecular flexibility index (Phi) is 6.88.